The molecule has 9 heteroatoms. The second-order valence-corrected chi connectivity index (χ2v) is 8.19. The average molecular weight is 441 g/mol. The Bertz CT molecular complexity index is 1140. The number of pyridine rings is 1. The van der Waals surface area contributed by atoms with Crippen LogP contribution in [0.4, 0.5) is 16.4 Å². The van der Waals surface area contributed by atoms with Crippen LogP contribution in [-0.4, -0.2) is 37.7 Å². The molecule has 0 fully saturated rings. The van der Waals surface area contributed by atoms with Crippen molar-refractivity contribution in [3.63, 3.8) is 0 Å². The van der Waals surface area contributed by atoms with Crippen LogP contribution in [0, 0.1) is 6.92 Å². The molecule has 2 aromatic heterocycles. The fourth-order valence-corrected chi connectivity index (χ4v) is 2.91. The van der Waals surface area contributed by atoms with Gasteiger partial charge in [-0.15, -0.1) is 0 Å². The smallest absolute Gasteiger partial charge is 0.421 e. The molecule has 0 bridgehead atoms. The summed E-state index contributed by atoms with van der Waals surface area (Å²) >= 11 is 6.14. The molecule has 1 N–H and O–H groups in total. The molecule has 0 radical (unpaired) electrons. The quantitative estimate of drug-likeness (QED) is 0.588. The van der Waals surface area contributed by atoms with Crippen molar-refractivity contribution >= 4 is 35.3 Å². The predicted octanol–water partition coefficient (Wildman–Crippen LogP) is 5.27. The highest BCUT2D eigenvalue weighted by Gasteiger charge is 2.28. The molecule has 0 saturated carbocycles. The zero-order valence-corrected chi connectivity index (χ0v) is 18.2. The highest BCUT2D eigenvalue weighted by molar-refractivity contribution is 6.31. The summed E-state index contributed by atoms with van der Waals surface area (Å²) in [5.74, 6) is -1.04. The fraction of sp³-hybridized carbons (Fsp3) is 0.227. The van der Waals surface area contributed by atoms with Gasteiger partial charge in [0, 0.05) is 28.7 Å². The molecule has 0 saturated heterocycles. The number of aryl methyl sites for hydroxylation is 1. The Labute approximate surface area is 184 Å². The van der Waals surface area contributed by atoms with E-state index in [1.165, 1.54) is 23.4 Å². The molecular weight excluding hydrogens is 420 g/mol. The van der Waals surface area contributed by atoms with Gasteiger partial charge in [-0.05, 0) is 58.0 Å². The van der Waals surface area contributed by atoms with Gasteiger partial charge >= 0.3 is 12.1 Å². The van der Waals surface area contributed by atoms with E-state index in [0.29, 0.717) is 27.7 Å². The third kappa shape index (κ3) is 5.55. The van der Waals surface area contributed by atoms with Crippen molar-refractivity contribution in [2.75, 3.05) is 4.90 Å². The van der Waals surface area contributed by atoms with E-state index in [2.05, 4.69) is 15.0 Å². The first kappa shape index (κ1) is 22.2. The number of aromatic nitrogens is 3. The number of carboxylic acid groups (broad SMARTS) is 1. The third-order valence-electron chi connectivity index (χ3n) is 3.97. The first-order valence-electron chi connectivity index (χ1n) is 9.36. The minimum atomic E-state index is -1.10. The summed E-state index contributed by atoms with van der Waals surface area (Å²) in [7, 11) is 0. The van der Waals surface area contributed by atoms with Gasteiger partial charge in [0.15, 0.2) is 0 Å². The number of carbonyl (C=O) groups is 2. The molecule has 2 heterocycles. The normalized spacial score (nSPS) is 11.1. The van der Waals surface area contributed by atoms with Crippen LogP contribution < -0.4 is 4.90 Å². The second kappa shape index (κ2) is 8.69. The van der Waals surface area contributed by atoms with E-state index in [1.54, 1.807) is 58.0 Å². The topological polar surface area (TPSA) is 106 Å². The Morgan fingerprint density at radius 3 is 2.48 bits per heavy atom. The summed E-state index contributed by atoms with van der Waals surface area (Å²) in [5, 5.41) is 9.68. The van der Waals surface area contributed by atoms with Gasteiger partial charge in [0.05, 0.1) is 16.9 Å². The Morgan fingerprint density at radius 1 is 1.10 bits per heavy atom. The van der Waals surface area contributed by atoms with Gasteiger partial charge in [-0.2, -0.15) is 0 Å². The molecule has 8 nitrogen and oxygen atoms in total. The minimum absolute atomic E-state index is 0.0224. The lowest BCUT2D eigenvalue weighted by atomic mass is 10.1. The van der Waals surface area contributed by atoms with Gasteiger partial charge in [-0.1, -0.05) is 17.7 Å². The number of amides is 1. The molecule has 3 rings (SSSR count). The number of aromatic carboxylic acids is 1. The summed E-state index contributed by atoms with van der Waals surface area (Å²) in [6.45, 7) is 7.01. The van der Waals surface area contributed by atoms with Crippen LogP contribution in [0.2, 0.25) is 5.02 Å². The van der Waals surface area contributed by atoms with Crippen molar-refractivity contribution in [3.05, 3.63) is 65.1 Å². The van der Waals surface area contributed by atoms with E-state index < -0.39 is 17.7 Å². The predicted molar refractivity (Wildman–Crippen MR) is 117 cm³/mol. The van der Waals surface area contributed by atoms with Crippen molar-refractivity contribution in [2.45, 2.75) is 33.3 Å². The molecule has 0 spiro atoms. The Morgan fingerprint density at radius 2 is 1.84 bits per heavy atom. The number of rotatable bonds is 4. The summed E-state index contributed by atoms with van der Waals surface area (Å²) in [6.07, 6.45) is 2.07. The second-order valence-electron chi connectivity index (χ2n) is 7.76. The maximum atomic E-state index is 13.1. The van der Waals surface area contributed by atoms with Crippen molar-refractivity contribution < 1.29 is 19.4 Å². The molecule has 0 aliphatic rings. The van der Waals surface area contributed by atoms with Crippen LogP contribution in [0.3, 0.4) is 0 Å². The van der Waals surface area contributed by atoms with Gasteiger partial charge in [-0.3, -0.25) is 4.98 Å². The van der Waals surface area contributed by atoms with Gasteiger partial charge < -0.3 is 9.84 Å². The number of benzene rings is 1. The lowest BCUT2D eigenvalue weighted by Gasteiger charge is -2.26. The molecule has 1 aromatic carbocycles. The highest BCUT2D eigenvalue weighted by atomic mass is 35.5. The number of hydrogen-bond donors (Lipinski definition) is 1. The van der Waals surface area contributed by atoms with Gasteiger partial charge in [-0.25, -0.2) is 24.5 Å². The maximum Gasteiger partial charge on any atom is 0.421 e. The van der Waals surface area contributed by atoms with Crippen molar-refractivity contribution in [1.82, 2.24) is 15.0 Å². The molecule has 1 amide bonds. The van der Waals surface area contributed by atoms with Crippen molar-refractivity contribution in [3.8, 4) is 11.3 Å². The van der Waals surface area contributed by atoms with Crippen LogP contribution in [0.1, 0.15) is 36.8 Å². The number of anilines is 2. The fourth-order valence-electron chi connectivity index (χ4n) is 2.72. The number of nitrogens with zero attached hydrogens (tertiary/aromatic N) is 4. The van der Waals surface area contributed by atoms with E-state index >= 15 is 0 Å². The Hall–Kier alpha value is -3.52. The first-order valence-corrected chi connectivity index (χ1v) is 9.74. The molecule has 160 valence electrons. The zero-order valence-electron chi connectivity index (χ0n) is 17.5. The Balaban J connectivity index is 2.14. The molecule has 3 aromatic rings. The SMILES string of the molecule is Cc1cc(-c2cncc(C(=O)O)c2)nc(N(C(=O)OC(C)(C)C)c2cccc(Cl)c2)n1. The van der Waals surface area contributed by atoms with E-state index in [0.717, 1.165) is 0 Å². The van der Waals surface area contributed by atoms with Crippen molar-refractivity contribution in [2.24, 2.45) is 0 Å². The van der Waals surface area contributed by atoms with Gasteiger partial charge in [0.25, 0.3) is 0 Å². The number of ether oxygens (including phenoxy) is 1. The van der Waals surface area contributed by atoms with Crippen LogP contribution in [-0.2, 0) is 4.74 Å². The summed E-state index contributed by atoms with van der Waals surface area (Å²) in [6, 6.07) is 9.81. The maximum absolute atomic E-state index is 13.1. The molecule has 0 unspecified atom stereocenters. The molecule has 0 aliphatic heterocycles. The van der Waals surface area contributed by atoms with Crippen LogP contribution in [0.15, 0.2) is 48.8 Å². The zero-order chi connectivity index (χ0) is 22.8. The molecule has 0 atom stereocenters. The average Bonchev–Trinajstić information content (AvgIpc) is 2.66. The standard InChI is InChI=1S/C22H21ClN4O4/c1-13-8-18(14-9-15(19(28)29)12-24-11-14)26-20(25-13)27(21(30)31-22(2,3)4)17-7-5-6-16(23)10-17/h5-12H,1-4H3,(H,28,29). The largest absolute Gasteiger partial charge is 0.478 e. The van der Waals surface area contributed by atoms with Crippen LogP contribution in [0.25, 0.3) is 11.3 Å². The molecule has 31 heavy (non-hydrogen) atoms. The van der Waals surface area contributed by atoms with Crippen LogP contribution in [0.5, 0.6) is 0 Å². The first-order chi connectivity index (χ1) is 14.5. The van der Waals surface area contributed by atoms with Gasteiger partial charge in [0.1, 0.15) is 5.60 Å². The highest BCUT2D eigenvalue weighted by Crippen LogP contribution is 2.29. The number of halogens is 1. The van der Waals surface area contributed by atoms with Crippen molar-refractivity contribution in [1.29, 1.82) is 0 Å². The van der Waals surface area contributed by atoms with E-state index in [1.807, 2.05) is 0 Å². The van der Waals surface area contributed by atoms with Crippen LogP contribution >= 0.6 is 11.6 Å². The lowest BCUT2D eigenvalue weighted by Crippen LogP contribution is -2.35. The Kier molecular flexibility index (Phi) is 6.21. The van der Waals surface area contributed by atoms with E-state index in [-0.39, 0.29) is 11.5 Å². The number of hydrogen-bond acceptors (Lipinski definition) is 6. The van der Waals surface area contributed by atoms with E-state index in [4.69, 9.17) is 16.3 Å². The van der Waals surface area contributed by atoms with Gasteiger partial charge in [0.2, 0.25) is 5.95 Å². The number of carboxylic acids is 1. The van der Waals surface area contributed by atoms with E-state index in [9.17, 15) is 14.7 Å². The minimum Gasteiger partial charge on any atom is -0.478 e. The monoisotopic (exact) mass is 440 g/mol. The summed E-state index contributed by atoms with van der Waals surface area (Å²) < 4.78 is 5.56. The molecule has 0 aliphatic carbocycles. The number of carbonyl (C=O) groups excluding carboxylic acids is 1. The summed E-state index contributed by atoms with van der Waals surface area (Å²) in [5.41, 5.74) is 1.15. The molecular formula is C22H21ClN4O4. The summed E-state index contributed by atoms with van der Waals surface area (Å²) in [4.78, 5) is 38.5. The lowest BCUT2D eigenvalue weighted by molar-refractivity contribution is 0.0596. The third-order valence-corrected chi connectivity index (χ3v) is 4.20.